The molecule has 0 spiro atoms. The molecule has 2 heterocycles. The third-order valence-electron chi connectivity index (χ3n) is 5.31. The molecule has 0 fully saturated rings. The van der Waals surface area contributed by atoms with Gasteiger partial charge in [-0.05, 0) is 31.8 Å². The second kappa shape index (κ2) is 9.32. The van der Waals surface area contributed by atoms with Crippen molar-refractivity contribution in [3.05, 3.63) is 77.4 Å². The number of benzene rings is 2. The van der Waals surface area contributed by atoms with E-state index in [9.17, 15) is 4.79 Å². The van der Waals surface area contributed by atoms with E-state index in [1.165, 1.54) is 0 Å². The van der Waals surface area contributed by atoms with E-state index in [1.54, 1.807) is 18.4 Å². The second-order valence-electron chi connectivity index (χ2n) is 7.61. The highest BCUT2D eigenvalue weighted by molar-refractivity contribution is 7.15. The van der Waals surface area contributed by atoms with E-state index >= 15 is 0 Å². The molecule has 4 rings (SSSR count). The Morgan fingerprint density at radius 2 is 1.90 bits per heavy atom. The molecule has 2 aromatic heterocycles. The first-order valence-corrected chi connectivity index (χ1v) is 11.0. The molecule has 1 amide bonds. The Hall–Kier alpha value is -3.16. The number of rotatable bonds is 8. The maximum atomic E-state index is 12.7. The second-order valence-corrected chi connectivity index (χ2v) is 8.44. The van der Waals surface area contributed by atoms with Crippen LogP contribution in [0.3, 0.4) is 0 Å². The largest absolute Gasteiger partial charge is 0.497 e. The summed E-state index contributed by atoms with van der Waals surface area (Å²) in [4.78, 5) is 20.4. The summed E-state index contributed by atoms with van der Waals surface area (Å²) in [5.41, 5.74) is 4.06. The number of hydrogen-bond donors (Lipinski definition) is 1. The SMILES string of the molecule is COc1ccc(C(CNC(=O)Cc2csc3nc(-c4ccccc4)cn23)N(C)C)cc1. The Morgan fingerprint density at radius 1 is 1.16 bits per heavy atom. The number of imidazole rings is 1. The maximum Gasteiger partial charge on any atom is 0.226 e. The highest BCUT2D eigenvalue weighted by Crippen LogP contribution is 2.24. The first-order valence-electron chi connectivity index (χ1n) is 10.1. The van der Waals surface area contributed by atoms with Gasteiger partial charge in [0, 0.05) is 29.4 Å². The summed E-state index contributed by atoms with van der Waals surface area (Å²) in [5.74, 6) is 0.817. The molecule has 0 saturated carbocycles. The molecule has 6 nitrogen and oxygen atoms in total. The fraction of sp³-hybridized carbons (Fsp3) is 0.250. The zero-order chi connectivity index (χ0) is 21.8. The van der Waals surface area contributed by atoms with Gasteiger partial charge in [0.25, 0.3) is 0 Å². The number of ether oxygens (including phenoxy) is 1. The van der Waals surface area contributed by atoms with Gasteiger partial charge in [0.05, 0.1) is 25.3 Å². The normalized spacial score (nSPS) is 12.3. The lowest BCUT2D eigenvalue weighted by Gasteiger charge is -2.25. The molecular formula is C24H26N4O2S. The highest BCUT2D eigenvalue weighted by atomic mass is 32.1. The summed E-state index contributed by atoms with van der Waals surface area (Å²) in [6.45, 7) is 0.532. The van der Waals surface area contributed by atoms with Gasteiger partial charge < -0.3 is 15.0 Å². The van der Waals surface area contributed by atoms with Crippen molar-refractivity contribution in [2.45, 2.75) is 12.5 Å². The zero-order valence-corrected chi connectivity index (χ0v) is 18.7. The van der Waals surface area contributed by atoms with Crippen molar-refractivity contribution in [1.29, 1.82) is 0 Å². The average molecular weight is 435 g/mol. The first kappa shape index (κ1) is 21.1. The van der Waals surface area contributed by atoms with Gasteiger partial charge in [-0.2, -0.15) is 0 Å². The van der Waals surface area contributed by atoms with Crippen LogP contribution < -0.4 is 10.1 Å². The Morgan fingerprint density at radius 3 is 2.58 bits per heavy atom. The number of fused-ring (bicyclic) bond motifs is 1. The number of thiazole rings is 1. The fourth-order valence-electron chi connectivity index (χ4n) is 3.57. The van der Waals surface area contributed by atoms with Gasteiger partial charge in [-0.1, -0.05) is 42.5 Å². The molecule has 0 saturated heterocycles. The standard InChI is InChI=1S/C24H26N4O2S/c1-27(2)22(18-9-11-20(30-3)12-10-18)14-25-23(29)13-19-16-31-24-26-21(15-28(19)24)17-7-5-4-6-8-17/h4-12,15-16,22H,13-14H2,1-3H3,(H,25,29). The van der Waals surface area contributed by atoms with Crippen LogP contribution in [0.1, 0.15) is 17.3 Å². The molecule has 0 aliphatic heterocycles. The van der Waals surface area contributed by atoms with E-state index in [0.29, 0.717) is 13.0 Å². The summed E-state index contributed by atoms with van der Waals surface area (Å²) in [6.07, 6.45) is 2.32. The van der Waals surface area contributed by atoms with Gasteiger partial charge in [0.1, 0.15) is 5.75 Å². The zero-order valence-electron chi connectivity index (χ0n) is 17.9. The Kier molecular flexibility index (Phi) is 6.34. The summed E-state index contributed by atoms with van der Waals surface area (Å²) < 4.78 is 7.25. The lowest BCUT2D eigenvalue weighted by atomic mass is 10.1. The number of carbonyl (C=O) groups is 1. The predicted octanol–water partition coefficient (Wildman–Crippen LogP) is 4.03. The van der Waals surface area contributed by atoms with E-state index in [0.717, 1.165) is 33.2 Å². The quantitative estimate of drug-likeness (QED) is 0.455. The van der Waals surface area contributed by atoms with Gasteiger partial charge in [-0.25, -0.2) is 4.98 Å². The molecule has 0 bridgehead atoms. The number of nitrogens with zero attached hydrogens (tertiary/aromatic N) is 3. The first-order chi connectivity index (χ1) is 15.0. The molecule has 0 aliphatic rings. The van der Waals surface area contributed by atoms with Crippen LogP contribution >= 0.6 is 11.3 Å². The molecule has 1 N–H and O–H groups in total. The van der Waals surface area contributed by atoms with Crippen LogP contribution in [0.4, 0.5) is 0 Å². The number of aromatic nitrogens is 2. The molecule has 0 aliphatic carbocycles. The van der Waals surface area contributed by atoms with Crippen LogP contribution in [0.25, 0.3) is 16.2 Å². The summed E-state index contributed by atoms with van der Waals surface area (Å²) in [5, 5.41) is 5.10. The monoisotopic (exact) mass is 434 g/mol. The molecule has 31 heavy (non-hydrogen) atoms. The molecule has 4 aromatic rings. The summed E-state index contributed by atoms with van der Waals surface area (Å²) >= 11 is 1.55. The van der Waals surface area contributed by atoms with E-state index in [2.05, 4.69) is 10.2 Å². The van der Waals surface area contributed by atoms with E-state index < -0.39 is 0 Å². The lowest BCUT2D eigenvalue weighted by Crippen LogP contribution is -2.35. The van der Waals surface area contributed by atoms with Crippen LogP contribution in [0.5, 0.6) is 5.75 Å². The number of amides is 1. The van der Waals surface area contributed by atoms with Crippen LogP contribution in [-0.2, 0) is 11.2 Å². The van der Waals surface area contributed by atoms with Crippen molar-refractivity contribution in [2.24, 2.45) is 0 Å². The van der Waals surface area contributed by atoms with E-state index in [1.807, 2.05) is 84.7 Å². The molecule has 7 heteroatoms. The molecular weight excluding hydrogens is 408 g/mol. The molecule has 1 atom stereocenters. The number of carbonyl (C=O) groups excluding carboxylic acids is 1. The van der Waals surface area contributed by atoms with E-state index in [-0.39, 0.29) is 11.9 Å². The van der Waals surface area contributed by atoms with Crippen LogP contribution in [0, 0.1) is 0 Å². The number of likely N-dealkylation sites (N-methyl/N-ethyl adjacent to an activating group) is 1. The maximum absolute atomic E-state index is 12.7. The van der Waals surface area contributed by atoms with Gasteiger partial charge in [0.2, 0.25) is 5.91 Å². The Labute approximate surface area is 186 Å². The minimum atomic E-state index is -0.00461. The van der Waals surface area contributed by atoms with Crippen molar-refractivity contribution in [3.8, 4) is 17.0 Å². The molecule has 0 radical (unpaired) electrons. The topological polar surface area (TPSA) is 58.9 Å². The number of nitrogens with one attached hydrogen (secondary N) is 1. The van der Waals surface area contributed by atoms with E-state index in [4.69, 9.17) is 9.72 Å². The number of methoxy groups -OCH3 is 1. The third-order valence-corrected chi connectivity index (χ3v) is 6.20. The van der Waals surface area contributed by atoms with Crippen molar-refractivity contribution < 1.29 is 9.53 Å². The highest BCUT2D eigenvalue weighted by Gasteiger charge is 2.17. The van der Waals surface area contributed by atoms with Crippen LogP contribution in [-0.4, -0.2) is 47.9 Å². The van der Waals surface area contributed by atoms with Crippen molar-refractivity contribution >= 4 is 22.2 Å². The number of hydrogen-bond acceptors (Lipinski definition) is 5. The smallest absolute Gasteiger partial charge is 0.226 e. The van der Waals surface area contributed by atoms with Gasteiger partial charge in [-0.3, -0.25) is 9.20 Å². The average Bonchev–Trinajstić information content (AvgIpc) is 3.37. The minimum absolute atomic E-state index is 0.00461. The molecule has 2 aromatic carbocycles. The van der Waals surface area contributed by atoms with Crippen molar-refractivity contribution in [2.75, 3.05) is 27.7 Å². The summed E-state index contributed by atoms with van der Waals surface area (Å²) in [7, 11) is 5.68. The van der Waals surface area contributed by atoms with Crippen LogP contribution in [0.2, 0.25) is 0 Å². The third kappa shape index (κ3) is 4.78. The van der Waals surface area contributed by atoms with Crippen molar-refractivity contribution in [3.63, 3.8) is 0 Å². The predicted molar refractivity (Wildman–Crippen MR) is 125 cm³/mol. The fourth-order valence-corrected chi connectivity index (χ4v) is 4.44. The minimum Gasteiger partial charge on any atom is -0.497 e. The molecule has 160 valence electrons. The van der Waals surface area contributed by atoms with Gasteiger partial charge >= 0.3 is 0 Å². The van der Waals surface area contributed by atoms with Gasteiger partial charge in [0.15, 0.2) is 4.96 Å². The van der Waals surface area contributed by atoms with Crippen LogP contribution in [0.15, 0.2) is 66.2 Å². The van der Waals surface area contributed by atoms with Crippen molar-refractivity contribution in [1.82, 2.24) is 19.6 Å². The Bertz CT molecular complexity index is 1150. The molecule has 1 unspecified atom stereocenters. The summed E-state index contributed by atoms with van der Waals surface area (Å²) in [6, 6.07) is 18.1. The Balaban J connectivity index is 1.43. The van der Waals surface area contributed by atoms with Gasteiger partial charge in [-0.15, -0.1) is 11.3 Å². The lowest BCUT2D eigenvalue weighted by molar-refractivity contribution is -0.120.